The lowest BCUT2D eigenvalue weighted by atomic mass is 9.97. The van der Waals surface area contributed by atoms with Crippen LogP contribution in [0.3, 0.4) is 0 Å². The number of esters is 1. The van der Waals surface area contributed by atoms with Crippen LogP contribution in [0.25, 0.3) is 0 Å². The zero-order valence-corrected chi connectivity index (χ0v) is 23.3. The molecule has 218 valence electrons. The number of fused-ring (bicyclic) bond motifs is 1. The number of rotatable bonds is 2. The van der Waals surface area contributed by atoms with E-state index < -0.39 is 84.7 Å². The van der Waals surface area contributed by atoms with E-state index in [9.17, 15) is 33.9 Å². The topological polar surface area (TPSA) is 187 Å². The van der Waals surface area contributed by atoms with Gasteiger partial charge in [0, 0.05) is 20.3 Å². The maximum atomic E-state index is 13.5. The number of aliphatic hydroxyl groups is 1. The average molecular weight is 555 g/mol. The smallest absolute Gasteiger partial charge is 0.408 e. The van der Waals surface area contributed by atoms with Gasteiger partial charge in [0.25, 0.3) is 5.91 Å². The van der Waals surface area contributed by atoms with E-state index in [1.165, 1.54) is 34.2 Å². The van der Waals surface area contributed by atoms with Gasteiger partial charge in [-0.25, -0.2) is 14.6 Å². The van der Waals surface area contributed by atoms with Gasteiger partial charge in [0.15, 0.2) is 6.04 Å². The van der Waals surface area contributed by atoms with Gasteiger partial charge in [0.05, 0.1) is 18.7 Å². The van der Waals surface area contributed by atoms with Crippen molar-refractivity contribution in [3.63, 3.8) is 0 Å². The average Bonchev–Trinajstić information content (AvgIpc) is 2.81. The number of alkyl carbamates (subject to hydrolysis) is 1. The van der Waals surface area contributed by atoms with Crippen LogP contribution in [-0.2, 0) is 33.4 Å². The lowest BCUT2D eigenvalue weighted by Gasteiger charge is -2.36. The third kappa shape index (κ3) is 8.63. The van der Waals surface area contributed by atoms with Crippen LogP contribution in [0.1, 0.15) is 47.5 Å². The molecule has 5 amide bonds. The molecule has 15 nitrogen and oxygen atoms in total. The van der Waals surface area contributed by atoms with Crippen LogP contribution in [-0.4, -0.2) is 125 Å². The molecule has 2 aliphatic rings. The molecule has 0 aromatic heterocycles. The highest BCUT2D eigenvalue weighted by molar-refractivity contribution is 5.95. The summed E-state index contributed by atoms with van der Waals surface area (Å²) in [4.78, 5) is 79.6. The van der Waals surface area contributed by atoms with E-state index in [2.05, 4.69) is 15.7 Å². The number of ether oxygens (including phenoxy) is 2. The summed E-state index contributed by atoms with van der Waals surface area (Å²) < 4.78 is 10.6. The van der Waals surface area contributed by atoms with E-state index in [-0.39, 0.29) is 6.42 Å². The molecular formula is C24H38N6O9. The van der Waals surface area contributed by atoms with Crippen LogP contribution in [0.5, 0.6) is 0 Å². The summed E-state index contributed by atoms with van der Waals surface area (Å²) in [5, 5.41) is 20.4. The summed E-state index contributed by atoms with van der Waals surface area (Å²) in [6, 6.07) is -4.19. The summed E-state index contributed by atoms with van der Waals surface area (Å²) >= 11 is 0. The summed E-state index contributed by atoms with van der Waals surface area (Å²) in [6.07, 6.45) is 0.963. The highest BCUT2D eigenvalue weighted by atomic mass is 16.6. The molecule has 1 unspecified atom stereocenters. The van der Waals surface area contributed by atoms with Crippen LogP contribution in [0.4, 0.5) is 4.79 Å². The van der Waals surface area contributed by atoms with Gasteiger partial charge in [-0.2, -0.15) is 5.10 Å². The van der Waals surface area contributed by atoms with Gasteiger partial charge in [-0.05, 0) is 47.5 Å². The molecule has 0 radical (unpaired) electrons. The minimum Gasteiger partial charge on any atom is -0.461 e. The van der Waals surface area contributed by atoms with E-state index >= 15 is 0 Å². The molecule has 0 bridgehead atoms. The number of carbonyl (C=O) groups is 6. The number of cyclic esters (lactones) is 1. The van der Waals surface area contributed by atoms with Crippen LogP contribution in [0, 0.1) is 0 Å². The van der Waals surface area contributed by atoms with Crippen molar-refractivity contribution in [1.29, 1.82) is 0 Å². The van der Waals surface area contributed by atoms with E-state index in [4.69, 9.17) is 9.47 Å². The largest absolute Gasteiger partial charge is 0.461 e. The van der Waals surface area contributed by atoms with Gasteiger partial charge in [-0.3, -0.25) is 19.2 Å². The van der Waals surface area contributed by atoms with Gasteiger partial charge in [-0.1, -0.05) is 0 Å². The van der Waals surface area contributed by atoms with Crippen LogP contribution in [0.2, 0.25) is 0 Å². The van der Waals surface area contributed by atoms with Crippen molar-refractivity contribution in [1.82, 2.24) is 25.4 Å². The Labute approximate surface area is 226 Å². The van der Waals surface area contributed by atoms with Crippen molar-refractivity contribution in [2.75, 3.05) is 33.8 Å². The molecule has 2 heterocycles. The first-order valence-corrected chi connectivity index (χ1v) is 12.4. The number of hydrogen-bond donors (Lipinski definition) is 3. The third-order valence-corrected chi connectivity index (χ3v) is 5.87. The Morgan fingerprint density at radius 2 is 1.77 bits per heavy atom. The number of nitrogens with one attached hydrogen (secondary N) is 2. The molecule has 0 aromatic rings. The first kappa shape index (κ1) is 31.5. The highest BCUT2D eigenvalue weighted by Crippen LogP contribution is 2.19. The minimum absolute atomic E-state index is 0.175. The summed E-state index contributed by atoms with van der Waals surface area (Å²) in [7, 11) is 2.60. The number of nitrogens with zero attached hydrogens (tertiary/aromatic N) is 4. The summed E-state index contributed by atoms with van der Waals surface area (Å²) in [5.41, 5.74) is -2.70. The van der Waals surface area contributed by atoms with Crippen molar-refractivity contribution in [3.05, 3.63) is 0 Å². The normalized spacial score (nSPS) is 24.7. The zero-order valence-electron chi connectivity index (χ0n) is 23.3. The molecule has 1 fully saturated rings. The second-order valence-electron chi connectivity index (χ2n) is 10.9. The number of amides is 5. The predicted octanol–water partition coefficient (Wildman–Crippen LogP) is -1.41. The Bertz CT molecular complexity index is 1020. The molecule has 1 saturated heterocycles. The fourth-order valence-electron chi connectivity index (χ4n) is 3.94. The van der Waals surface area contributed by atoms with Gasteiger partial charge in [0.2, 0.25) is 17.7 Å². The lowest BCUT2D eigenvalue weighted by molar-refractivity contribution is -0.166. The second kappa shape index (κ2) is 12.4. The summed E-state index contributed by atoms with van der Waals surface area (Å²) in [5.74, 6) is -3.93. The molecule has 0 aliphatic carbocycles. The maximum Gasteiger partial charge on any atom is 0.408 e. The molecule has 3 atom stereocenters. The fraction of sp³-hybridized carbons (Fsp3) is 0.708. The molecule has 0 spiro atoms. The number of likely N-dealkylation sites (N-methyl/N-ethyl adjacent to an activating group) is 2. The quantitative estimate of drug-likeness (QED) is 0.345. The Morgan fingerprint density at radius 3 is 2.36 bits per heavy atom. The first-order chi connectivity index (χ1) is 17.9. The Hall–Kier alpha value is -3.75. The van der Waals surface area contributed by atoms with Gasteiger partial charge in [-0.15, -0.1) is 0 Å². The molecule has 2 aliphatic heterocycles. The number of carbonyl (C=O) groups excluding carboxylic acids is 6. The third-order valence-electron chi connectivity index (χ3n) is 5.87. The standard InChI is InChI=1S/C24H38N6O9/c1-23(2,3)39-22(36)27-14-13-38-21(35)18(24(4,5)37)29(7)17(32)12-28(6)16(31)11-25-19(33)15-9-8-10-26-30(15)20(14)34/h10,14-15,18,37H,8-9,11-13H2,1-7H3,(H,25,33)(H,27,36)/t14?,15-,18+/m0/s1. The van der Waals surface area contributed by atoms with Crippen molar-refractivity contribution < 1.29 is 43.3 Å². The molecule has 0 saturated carbocycles. The Balaban J connectivity index is 2.48. The van der Waals surface area contributed by atoms with Crippen LogP contribution in [0.15, 0.2) is 5.10 Å². The number of hydrogen-bond acceptors (Lipinski definition) is 10. The van der Waals surface area contributed by atoms with Gasteiger partial charge >= 0.3 is 12.1 Å². The Kier molecular flexibility index (Phi) is 10.0. The van der Waals surface area contributed by atoms with Crippen LogP contribution >= 0.6 is 0 Å². The fourth-order valence-corrected chi connectivity index (χ4v) is 3.94. The van der Waals surface area contributed by atoms with Crippen molar-refractivity contribution in [2.45, 2.75) is 76.8 Å². The molecule has 0 aromatic carbocycles. The molecule has 2 rings (SSSR count). The van der Waals surface area contributed by atoms with Crippen molar-refractivity contribution in [3.8, 4) is 0 Å². The molecule has 39 heavy (non-hydrogen) atoms. The lowest BCUT2D eigenvalue weighted by Crippen LogP contribution is -2.60. The number of hydrazone groups is 1. The molecule has 15 heteroatoms. The minimum atomic E-state index is -1.79. The van der Waals surface area contributed by atoms with Crippen molar-refractivity contribution >= 4 is 41.9 Å². The van der Waals surface area contributed by atoms with Crippen LogP contribution < -0.4 is 10.6 Å². The van der Waals surface area contributed by atoms with E-state index in [0.29, 0.717) is 6.42 Å². The molecular weight excluding hydrogens is 516 g/mol. The SMILES string of the molecule is CN1CC(=O)N(C)[C@@H](C(C)(C)O)C(=O)OCC(NC(=O)OC(C)(C)C)C(=O)N2N=CCC[C@H]2C(=O)NCC1=O. The summed E-state index contributed by atoms with van der Waals surface area (Å²) in [6.45, 7) is 5.79. The van der Waals surface area contributed by atoms with Gasteiger partial charge in [0.1, 0.15) is 24.3 Å². The van der Waals surface area contributed by atoms with E-state index in [1.807, 2.05) is 0 Å². The highest BCUT2D eigenvalue weighted by Gasteiger charge is 2.42. The predicted molar refractivity (Wildman–Crippen MR) is 136 cm³/mol. The Morgan fingerprint density at radius 1 is 1.13 bits per heavy atom. The first-order valence-electron chi connectivity index (χ1n) is 12.4. The second-order valence-corrected chi connectivity index (χ2v) is 10.9. The zero-order chi connectivity index (χ0) is 29.7. The maximum absolute atomic E-state index is 13.5. The van der Waals surface area contributed by atoms with E-state index in [0.717, 1.165) is 14.8 Å². The van der Waals surface area contributed by atoms with Crippen molar-refractivity contribution in [2.24, 2.45) is 5.10 Å². The van der Waals surface area contributed by atoms with Gasteiger partial charge < -0.3 is 35.0 Å². The molecule has 3 N–H and O–H groups in total. The monoisotopic (exact) mass is 554 g/mol. The van der Waals surface area contributed by atoms with E-state index in [1.54, 1.807) is 20.8 Å².